The summed E-state index contributed by atoms with van der Waals surface area (Å²) in [5.41, 5.74) is 0.158. The molecule has 0 spiro atoms. The topological polar surface area (TPSA) is 95.6 Å². The average Bonchev–Trinajstić information content (AvgIpc) is 3.27. The number of benzene rings is 1. The minimum atomic E-state index is -0.680. The van der Waals surface area contributed by atoms with Gasteiger partial charge in [0.25, 0.3) is 5.91 Å². The van der Waals surface area contributed by atoms with Crippen molar-refractivity contribution in [1.29, 1.82) is 0 Å². The molecule has 0 aliphatic rings. The van der Waals surface area contributed by atoms with Gasteiger partial charge in [-0.3, -0.25) is 9.48 Å². The smallest absolute Gasteiger partial charge is 0.360 e. The molecule has 2 heterocycles. The fraction of sp³-hybridized carbons (Fsp3) is 0.167. The van der Waals surface area contributed by atoms with Gasteiger partial charge in [-0.05, 0) is 30.3 Å². The van der Waals surface area contributed by atoms with Gasteiger partial charge in [0.05, 0.1) is 17.8 Å². The molecule has 0 saturated carbocycles. The molecule has 2 aromatic heterocycles. The number of hydrogen-bond donors (Lipinski definition) is 1. The summed E-state index contributed by atoms with van der Waals surface area (Å²) >= 11 is 5.89. The van der Waals surface area contributed by atoms with E-state index in [4.69, 9.17) is 20.8 Å². The van der Waals surface area contributed by atoms with Crippen LogP contribution in [0.3, 0.4) is 0 Å². The van der Waals surface area contributed by atoms with Crippen LogP contribution in [-0.4, -0.2) is 28.8 Å². The van der Waals surface area contributed by atoms with E-state index in [1.54, 1.807) is 13.1 Å². The van der Waals surface area contributed by atoms with Crippen LogP contribution in [0, 0.1) is 5.82 Å². The van der Waals surface area contributed by atoms with Crippen molar-refractivity contribution in [2.45, 2.75) is 6.61 Å². The third-order valence-corrected chi connectivity index (χ3v) is 3.90. The largest absolute Gasteiger partial charge is 0.484 e. The average molecular weight is 408 g/mol. The Hall–Kier alpha value is -3.33. The number of nitrogens with zero attached hydrogens (tertiary/aromatic N) is 2. The summed E-state index contributed by atoms with van der Waals surface area (Å²) in [6, 6.07) is 6.75. The van der Waals surface area contributed by atoms with Crippen molar-refractivity contribution in [3.8, 4) is 5.75 Å². The van der Waals surface area contributed by atoms with E-state index in [-0.39, 0.29) is 34.5 Å². The standard InChI is InChI=1S/C18H15ClFN3O5/c1-23-8-13(16(22-23)18(25)26-2)21-17(24)15-6-4-11(28-15)9-27-14-5-3-10(20)7-12(14)19/h3-8H,9H2,1-2H3,(H,21,24). The highest BCUT2D eigenvalue weighted by Gasteiger charge is 2.20. The Labute approximate surface area is 163 Å². The number of aryl methyl sites for hydroxylation is 1. The van der Waals surface area contributed by atoms with Crippen LogP contribution in [0.2, 0.25) is 5.02 Å². The first-order chi connectivity index (χ1) is 13.4. The number of carbonyl (C=O) groups is 2. The lowest BCUT2D eigenvalue weighted by atomic mass is 10.3. The maximum Gasteiger partial charge on any atom is 0.360 e. The molecule has 0 unspecified atom stereocenters. The second kappa shape index (κ2) is 8.13. The lowest BCUT2D eigenvalue weighted by Crippen LogP contribution is -2.14. The quantitative estimate of drug-likeness (QED) is 0.629. The Morgan fingerprint density at radius 3 is 2.82 bits per heavy atom. The number of nitrogens with one attached hydrogen (secondary N) is 1. The van der Waals surface area contributed by atoms with Crippen LogP contribution in [0.25, 0.3) is 0 Å². The van der Waals surface area contributed by atoms with E-state index in [1.807, 2.05) is 0 Å². The number of ether oxygens (including phenoxy) is 2. The number of methoxy groups -OCH3 is 1. The van der Waals surface area contributed by atoms with Gasteiger partial charge in [-0.25, -0.2) is 9.18 Å². The molecule has 0 saturated heterocycles. The lowest BCUT2D eigenvalue weighted by Gasteiger charge is -2.06. The van der Waals surface area contributed by atoms with Crippen molar-refractivity contribution in [2.24, 2.45) is 7.05 Å². The van der Waals surface area contributed by atoms with E-state index in [0.29, 0.717) is 5.76 Å². The fourth-order valence-electron chi connectivity index (χ4n) is 2.33. The number of halogens is 2. The van der Waals surface area contributed by atoms with Gasteiger partial charge in [-0.15, -0.1) is 0 Å². The Morgan fingerprint density at radius 1 is 1.32 bits per heavy atom. The molecule has 1 aromatic carbocycles. The van der Waals surface area contributed by atoms with Gasteiger partial charge in [-0.1, -0.05) is 11.6 Å². The molecule has 0 aliphatic heterocycles. The van der Waals surface area contributed by atoms with Crippen molar-refractivity contribution >= 4 is 29.2 Å². The van der Waals surface area contributed by atoms with Gasteiger partial charge in [0, 0.05) is 13.2 Å². The Morgan fingerprint density at radius 2 is 2.11 bits per heavy atom. The third kappa shape index (κ3) is 4.32. The predicted molar refractivity (Wildman–Crippen MR) is 97.0 cm³/mol. The van der Waals surface area contributed by atoms with Crippen molar-refractivity contribution in [2.75, 3.05) is 12.4 Å². The first-order valence-electron chi connectivity index (χ1n) is 7.97. The summed E-state index contributed by atoms with van der Waals surface area (Å²) in [5, 5.41) is 6.61. The van der Waals surface area contributed by atoms with Crippen LogP contribution in [0.4, 0.5) is 10.1 Å². The highest BCUT2D eigenvalue weighted by molar-refractivity contribution is 6.32. The Balaban J connectivity index is 1.67. The molecule has 146 valence electrons. The summed E-state index contributed by atoms with van der Waals surface area (Å²) in [7, 11) is 2.82. The van der Waals surface area contributed by atoms with Crippen molar-refractivity contribution < 1.29 is 27.9 Å². The number of esters is 1. The second-order valence-corrected chi connectivity index (χ2v) is 6.05. The normalized spacial score (nSPS) is 10.6. The van der Waals surface area contributed by atoms with Gasteiger partial charge in [0.15, 0.2) is 11.5 Å². The van der Waals surface area contributed by atoms with Crippen LogP contribution in [0.5, 0.6) is 5.75 Å². The molecule has 0 bridgehead atoms. The fourth-order valence-corrected chi connectivity index (χ4v) is 2.55. The number of anilines is 1. The van der Waals surface area contributed by atoms with E-state index in [1.165, 1.54) is 36.2 Å². The van der Waals surface area contributed by atoms with E-state index >= 15 is 0 Å². The zero-order valence-corrected chi connectivity index (χ0v) is 15.6. The number of carbonyl (C=O) groups excluding carboxylic acids is 2. The van der Waals surface area contributed by atoms with Crippen LogP contribution in [0.1, 0.15) is 26.8 Å². The number of rotatable bonds is 6. The highest BCUT2D eigenvalue weighted by Crippen LogP contribution is 2.26. The molecule has 0 atom stereocenters. The van der Waals surface area contributed by atoms with Gasteiger partial charge >= 0.3 is 5.97 Å². The second-order valence-electron chi connectivity index (χ2n) is 5.64. The highest BCUT2D eigenvalue weighted by atomic mass is 35.5. The molecule has 0 fully saturated rings. The van der Waals surface area contributed by atoms with E-state index in [9.17, 15) is 14.0 Å². The lowest BCUT2D eigenvalue weighted by molar-refractivity contribution is 0.0594. The van der Waals surface area contributed by atoms with Crippen LogP contribution in [0.15, 0.2) is 40.9 Å². The summed E-state index contributed by atoms with van der Waals surface area (Å²) in [6.07, 6.45) is 1.47. The van der Waals surface area contributed by atoms with Gasteiger partial charge in [0.1, 0.15) is 23.9 Å². The van der Waals surface area contributed by atoms with Crippen LogP contribution >= 0.6 is 11.6 Å². The summed E-state index contributed by atoms with van der Waals surface area (Å²) in [5.74, 6) is -1.10. The first kappa shape index (κ1) is 19.4. The number of furan rings is 1. The Bertz CT molecular complexity index is 1030. The van der Waals surface area contributed by atoms with E-state index in [2.05, 4.69) is 15.2 Å². The molecule has 0 aliphatic carbocycles. The third-order valence-electron chi connectivity index (χ3n) is 3.61. The van der Waals surface area contributed by atoms with Crippen molar-refractivity contribution in [3.63, 3.8) is 0 Å². The molecular weight excluding hydrogens is 393 g/mol. The van der Waals surface area contributed by atoms with Crippen molar-refractivity contribution in [1.82, 2.24) is 9.78 Å². The molecular formula is C18H15ClFN3O5. The molecule has 1 N–H and O–H groups in total. The minimum absolute atomic E-state index is 0.00321. The molecule has 1 amide bonds. The molecule has 3 rings (SSSR count). The zero-order chi connectivity index (χ0) is 20.3. The van der Waals surface area contributed by atoms with E-state index < -0.39 is 17.7 Å². The monoisotopic (exact) mass is 407 g/mol. The van der Waals surface area contributed by atoms with Crippen molar-refractivity contribution in [3.05, 3.63) is 64.6 Å². The zero-order valence-electron chi connectivity index (χ0n) is 14.9. The summed E-state index contributed by atoms with van der Waals surface area (Å²) < 4.78 is 29.9. The summed E-state index contributed by atoms with van der Waals surface area (Å²) in [4.78, 5) is 24.1. The van der Waals surface area contributed by atoms with E-state index in [0.717, 1.165) is 6.07 Å². The van der Waals surface area contributed by atoms with Gasteiger partial charge in [-0.2, -0.15) is 5.10 Å². The predicted octanol–water partition coefficient (Wildman–Crippen LogP) is 3.42. The summed E-state index contributed by atoms with van der Waals surface area (Å²) in [6.45, 7) is -0.0149. The maximum atomic E-state index is 13.0. The Kier molecular flexibility index (Phi) is 5.65. The molecule has 8 nitrogen and oxygen atoms in total. The molecule has 3 aromatic rings. The molecule has 10 heteroatoms. The SMILES string of the molecule is COC(=O)c1nn(C)cc1NC(=O)c1ccc(COc2ccc(F)cc2Cl)o1. The van der Waals surface area contributed by atoms with Crippen LogP contribution < -0.4 is 10.1 Å². The molecule has 28 heavy (non-hydrogen) atoms. The number of amides is 1. The minimum Gasteiger partial charge on any atom is -0.484 e. The van der Waals surface area contributed by atoms with Gasteiger partial charge in [0.2, 0.25) is 0 Å². The van der Waals surface area contributed by atoms with Gasteiger partial charge < -0.3 is 19.2 Å². The molecule has 0 radical (unpaired) electrons. The number of hydrogen-bond acceptors (Lipinski definition) is 6. The van der Waals surface area contributed by atoms with Crippen LogP contribution in [-0.2, 0) is 18.4 Å². The number of aromatic nitrogens is 2. The maximum absolute atomic E-state index is 13.0. The first-order valence-corrected chi connectivity index (χ1v) is 8.35.